The Bertz CT molecular complexity index is 995. The van der Waals surface area contributed by atoms with Crippen molar-refractivity contribution >= 4 is 17.5 Å². The fourth-order valence-corrected chi connectivity index (χ4v) is 3.61. The molecule has 0 bridgehead atoms. The number of hydrogen-bond donors (Lipinski definition) is 1. The number of hydrogen-bond acceptors (Lipinski definition) is 5. The minimum absolute atomic E-state index is 0.192. The van der Waals surface area contributed by atoms with Gasteiger partial charge in [0.25, 0.3) is 0 Å². The van der Waals surface area contributed by atoms with E-state index in [0.29, 0.717) is 5.75 Å². The van der Waals surface area contributed by atoms with Gasteiger partial charge in [0.15, 0.2) is 11.4 Å². The Balaban J connectivity index is 1.81. The van der Waals surface area contributed by atoms with Crippen LogP contribution in [-0.2, 0) is 11.2 Å². The average molecular weight is 365 g/mol. The van der Waals surface area contributed by atoms with E-state index in [1.165, 1.54) is 5.56 Å². The SMILES string of the molecule is CCOC(=O)Oc1cn2c(C)c(C)nc2c2c1CCC(c1ccccc1)N2. The molecule has 3 heterocycles. The number of aryl methyl sites for hydroxylation is 2. The molecule has 1 N–H and O–H groups in total. The molecule has 0 aliphatic carbocycles. The normalized spacial score (nSPS) is 15.9. The molecule has 1 unspecified atom stereocenters. The third-order valence-electron chi connectivity index (χ3n) is 5.11. The summed E-state index contributed by atoms with van der Waals surface area (Å²) in [6, 6.07) is 10.6. The van der Waals surface area contributed by atoms with Gasteiger partial charge in [0.2, 0.25) is 0 Å². The first-order valence-electron chi connectivity index (χ1n) is 9.25. The number of pyridine rings is 1. The molecular formula is C21H23N3O3. The number of benzene rings is 1. The maximum Gasteiger partial charge on any atom is 0.513 e. The van der Waals surface area contributed by atoms with Crippen LogP contribution in [0.1, 0.15) is 41.9 Å². The van der Waals surface area contributed by atoms with Crippen LogP contribution in [0.3, 0.4) is 0 Å². The van der Waals surface area contributed by atoms with Crippen LogP contribution in [0.5, 0.6) is 5.75 Å². The third-order valence-corrected chi connectivity index (χ3v) is 5.11. The number of carbonyl (C=O) groups is 1. The van der Waals surface area contributed by atoms with E-state index < -0.39 is 6.16 Å². The average Bonchev–Trinajstić information content (AvgIpc) is 2.97. The van der Waals surface area contributed by atoms with Crippen LogP contribution in [0.25, 0.3) is 5.65 Å². The van der Waals surface area contributed by atoms with Gasteiger partial charge in [-0.1, -0.05) is 30.3 Å². The highest BCUT2D eigenvalue weighted by Gasteiger charge is 2.27. The van der Waals surface area contributed by atoms with Gasteiger partial charge in [-0.2, -0.15) is 0 Å². The molecule has 6 nitrogen and oxygen atoms in total. The first kappa shape index (κ1) is 17.4. The van der Waals surface area contributed by atoms with E-state index in [4.69, 9.17) is 14.5 Å². The lowest BCUT2D eigenvalue weighted by atomic mass is 9.93. The van der Waals surface area contributed by atoms with Gasteiger partial charge in [-0.3, -0.25) is 4.40 Å². The minimum atomic E-state index is -0.682. The Hall–Kier alpha value is -3.02. The van der Waals surface area contributed by atoms with Gasteiger partial charge in [0.1, 0.15) is 0 Å². The molecule has 6 heteroatoms. The van der Waals surface area contributed by atoms with Crippen molar-refractivity contribution in [3.05, 3.63) is 59.0 Å². The van der Waals surface area contributed by atoms with Crippen molar-refractivity contribution in [2.75, 3.05) is 11.9 Å². The number of carbonyl (C=O) groups excluding carboxylic acids is 1. The fraction of sp³-hybridized carbons (Fsp3) is 0.333. The Morgan fingerprint density at radius 3 is 2.81 bits per heavy atom. The molecule has 0 spiro atoms. The van der Waals surface area contributed by atoms with Crippen LogP contribution in [0.4, 0.5) is 10.5 Å². The quantitative estimate of drug-likeness (QED) is 0.688. The van der Waals surface area contributed by atoms with E-state index in [2.05, 4.69) is 17.4 Å². The second kappa shape index (κ2) is 6.95. The lowest BCUT2D eigenvalue weighted by Gasteiger charge is -2.29. The van der Waals surface area contributed by atoms with Gasteiger partial charge in [-0.15, -0.1) is 0 Å². The molecule has 1 aliphatic rings. The number of nitrogens with one attached hydrogen (secondary N) is 1. The van der Waals surface area contributed by atoms with Crippen molar-refractivity contribution in [3.8, 4) is 5.75 Å². The second-order valence-electron chi connectivity index (χ2n) is 6.75. The molecule has 1 aliphatic heterocycles. The van der Waals surface area contributed by atoms with Crippen LogP contribution in [-0.4, -0.2) is 22.1 Å². The van der Waals surface area contributed by atoms with Crippen molar-refractivity contribution in [1.29, 1.82) is 0 Å². The molecule has 2 aromatic heterocycles. The Kier molecular flexibility index (Phi) is 4.48. The third kappa shape index (κ3) is 3.12. The van der Waals surface area contributed by atoms with Crippen molar-refractivity contribution in [3.63, 3.8) is 0 Å². The number of aromatic nitrogens is 2. The first-order chi connectivity index (χ1) is 13.1. The van der Waals surface area contributed by atoms with Crippen LogP contribution >= 0.6 is 0 Å². The zero-order chi connectivity index (χ0) is 19.0. The second-order valence-corrected chi connectivity index (χ2v) is 6.75. The van der Waals surface area contributed by atoms with E-state index in [-0.39, 0.29) is 12.6 Å². The number of ether oxygens (including phenoxy) is 2. The summed E-state index contributed by atoms with van der Waals surface area (Å²) in [7, 11) is 0. The number of rotatable bonds is 3. The van der Waals surface area contributed by atoms with Gasteiger partial charge in [-0.25, -0.2) is 9.78 Å². The molecule has 1 atom stereocenters. The first-order valence-corrected chi connectivity index (χ1v) is 9.25. The summed E-state index contributed by atoms with van der Waals surface area (Å²) in [6.07, 6.45) is 2.85. The van der Waals surface area contributed by atoms with Gasteiger partial charge in [0.05, 0.1) is 30.2 Å². The molecule has 0 saturated heterocycles. The molecule has 0 fully saturated rings. The van der Waals surface area contributed by atoms with Crippen LogP contribution in [0, 0.1) is 13.8 Å². The zero-order valence-electron chi connectivity index (χ0n) is 15.8. The summed E-state index contributed by atoms with van der Waals surface area (Å²) in [5.74, 6) is 0.524. The highest BCUT2D eigenvalue weighted by atomic mass is 16.7. The molecule has 0 amide bonds. The summed E-state index contributed by atoms with van der Waals surface area (Å²) in [5.41, 5.74) is 5.95. The molecule has 4 rings (SSSR count). The van der Waals surface area contributed by atoms with Gasteiger partial charge in [0, 0.05) is 11.3 Å². The molecule has 0 saturated carbocycles. The maximum absolute atomic E-state index is 11.9. The van der Waals surface area contributed by atoms with E-state index in [1.54, 1.807) is 6.92 Å². The van der Waals surface area contributed by atoms with Gasteiger partial charge in [-0.05, 0) is 39.2 Å². The molecule has 1 aromatic carbocycles. The van der Waals surface area contributed by atoms with E-state index in [9.17, 15) is 4.79 Å². The Labute approximate surface area is 158 Å². The predicted octanol–water partition coefficient (Wildman–Crippen LogP) is 4.59. The van der Waals surface area contributed by atoms with Gasteiger partial charge >= 0.3 is 6.16 Å². The standard InChI is InChI=1S/C21H23N3O3/c1-4-26-21(25)27-18-12-24-14(3)13(2)22-20(24)19-16(18)10-11-17(23-19)15-8-6-5-7-9-15/h5-9,12,17,23H,4,10-11H2,1-3H3. The fourth-order valence-electron chi connectivity index (χ4n) is 3.61. The predicted molar refractivity (Wildman–Crippen MR) is 103 cm³/mol. The Morgan fingerprint density at radius 1 is 1.30 bits per heavy atom. The highest BCUT2D eigenvalue weighted by molar-refractivity contribution is 5.78. The zero-order valence-corrected chi connectivity index (χ0v) is 15.8. The maximum atomic E-state index is 11.9. The molecule has 3 aromatic rings. The topological polar surface area (TPSA) is 64.9 Å². The van der Waals surface area contributed by atoms with Crippen molar-refractivity contribution in [2.24, 2.45) is 0 Å². The highest BCUT2D eigenvalue weighted by Crippen LogP contribution is 2.40. The lowest BCUT2D eigenvalue weighted by Crippen LogP contribution is -2.21. The number of anilines is 1. The number of nitrogens with zero attached hydrogens (tertiary/aromatic N) is 2. The lowest BCUT2D eigenvalue weighted by molar-refractivity contribution is 0.104. The summed E-state index contributed by atoms with van der Waals surface area (Å²) < 4.78 is 12.5. The largest absolute Gasteiger partial charge is 0.513 e. The van der Waals surface area contributed by atoms with Crippen LogP contribution < -0.4 is 10.1 Å². The summed E-state index contributed by atoms with van der Waals surface area (Å²) in [5, 5.41) is 3.63. The summed E-state index contributed by atoms with van der Waals surface area (Å²) >= 11 is 0. The minimum Gasteiger partial charge on any atom is -0.434 e. The Morgan fingerprint density at radius 2 is 2.07 bits per heavy atom. The summed E-state index contributed by atoms with van der Waals surface area (Å²) in [6.45, 7) is 6.03. The van der Waals surface area contributed by atoms with Crippen molar-refractivity contribution in [2.45, 2.75) is 39.7 Å². The molecule has 140 valence electrons. The van der Waals surface area contributed by atoms with E-state index in [0.717, 1.165) is 41.1 Å². The monoisotopic (exact) mass is 365 g/mol. The van der Waals surface area contributed by atoms with Crippen molar-refractivity contribution < 1.29 is 14.3 Å². The number of imidazole rings is 1. The smallest absolute Gasteiger partial charge is 0.434 e. The molecular weight excluding hydrogens is 342 g/mol. The number of fused-ring (bicyclic) bond motifs is 3. The van der Waals surface area contributed by atoms with Crippen LogP contribution in [0.2, 0.25) is 0 Å². The van der Waals surface area contributed by atoms with Crippen molar-refractivity contribution in [1.82, 2.24) is 9.38 Å². The summed E-state index contributed by atoms with van der Waals surface area (Å²) in [4.78, 5) is 16.7. The van der Waals surface area contributed by atoms with E-state index in [1.807, 2.05) is 42.6 Å². The van der Waals surface area contributed by atoms with Crippen LogP contribution in [0.15, 0.2) is 36.5 Å². The molecule has 27 heavy (non-hydrogen) atoms. The van der Waals surface area contributed by atoms with E-state index >= 15 is 0 Å². The van der Waals surface area contributed by atoms with Gasteiger partial charge < -0.3 is 14.8 Å². The molecule has 0 radical (unpaired) electrons.